The van der Waals surface area contributed by atoms with Crippen LogP contribution in [0.1, 0.15) is 87.1 Å². The number of nitrogens with zero attached hydrogens (tertiary/aromatic N) is 1. The van der Waals surface area contributed by atoms with Crippen LogP contribution in [0.15, 0.2) is 30.5 Å². The Labute approximate surface area is 266 Å². The lowest BCUT2D eigenvalue weighted by atomic mass is 9.95. The predicted octanol–water partition coefficient (Wildman–Crippen LogP) is 5.01. The molecule has 3 rings (SSSR count). The Kier molecular flexibility index (Phi) is 11.5. The molecule has 1 aromatic carbocycles. The van der Waals surface area contributed by atoms with E-state index in [2.05, 4.69) is 21.3 Å². The zero-order valence-corrected chi connectivity index (χ0v) is 28.2. The Bertz CT molecular complexity index is 1350. The summed E-state index contributed by atoms with van der Waals surface area (Å²) < 4.78 is 18.0. The van der Waals surface area contributed by atoms with Crippen molar-refractivity contribution >= 4 is 35.1 Å². The molecule has 0 aliphatic carbocycles. The largest absolute Gasteiger partial charge is 0.444 e. The van der Waals surface area contributed by atoms with Gasteiger partial charge in [-0.2, -0.15) is 0 Å². The topological polar surface area (TPSA) is 149 Å². The average Bonchev–Trinajstić information content (AvgIpc) is 3.24. The molecule has 1 aliphatic rings. The molecule has 0 bridgehead atoms. The zero-order chi connectivity index (χ0) is 33.6. The van der Waals surface area contributed by atoms with Crippen LogP contribution in [0.2, 0.25) is 0 Å². The summed E-state index contributed by atoms with van der Waals surface area (Å²) in [6.45, 7) is 17.0. The standard InChI is InChI=1S/C33H51N5O7/c1-31(2,3)43-28(40)34-17-13-12-15-23-27(39)35-19-25(36-23)24(37-29(41)44-32(4,5)6)18-21-20-38(30(42)45-33(7,8)9)26-16-11-10-14-22(21)26/h10-11,14,16,20,23-25,36H,12-13,15,17-19H2,1-9H3,(H,34,40)(H,35,39)(H,37,41)/t23-,24-,25+/m0/s1. The van der Waals surface area contributed by atoms with Gasteiger partial charge in [0.05, 0.1) is 17.6 Å². The Morgan fingerprint density at radius 1 is 0.911 bits per heavy atom. The summed E-state index contributed by atoms with van der Waals surface area (Å²) in [6, 6.07) is 6.23. The number of carbonyl (C=O) groups is 4. The van der Waals surface area contributed by atoms with Crippen molar-refractivity contribution < 1.29 is 33.4 Å². The average molecular weight is 630 g/mol. The van der Waals surface area contributed by atoms with E-state index in [1.54, 1.807) is 47.7 Å². The molecule has 1 fully saturated rings. The van der Waals surface area contributed by atoms with Crippen molar-refractivity contribution in [1.82, 2.24) is 25.8 Å². The van der Waals surface area contributed by atoms with Crippen LogP contribution in [0.5, 0.6) is 0 Å². The molecule has 0 spiro atoms. The number of benzene rings is 1. The number of carbonyl (C=O) groups excluding carboxylic acids is 4. The third kappa shape index (κ3) is 11.6. The lowest BCUT2D eigenvalue weighted by Gasteiger charge is -2.36. The number of alkyl carbamates (subject to hydrolysis) is 2. The van der Waals surface area contributed by atoms with Crippen molar-refractivity contribution in [2.24, 2.45) is 0 Å². The second-order valence-corrected chi connectivity index (χ2v) is 14.5. The van der Waals surface area contributed by atoms with Crippen LogP contribution in [-0.2, 0) is 25.4 Å². The van der Waals surface area contributed by atoms with Gasteiger partial charge in [-0.05, 0) is 99.6 Å². The van der Waals surface area contributed by atoms with Crippen molar-refractivity contribution in [2.75, 3.05) is 13.1 Å². The summed E-state index contributed by atoms with van der Waals surface area (Å²) in [5.41, 5.74) is -0.418. The normalized spacial score (nSPS) is 18.1. The molecule has 0 saturated carbocycles. The lowest BCUT2D eigenvalue weighted by molar-refractivity contribution is -0.125. The van der Waals surface area contributed by atoms with Gasteiger partial charge < -0.3 is 30.2 Å². The zero-order valence-electron chi connectivity index (χ0n) is 28.2. The molecule has 12 nitrogen and oxygen atoms in total. The van der Waals surface area contributed by atoms with Gasteiger partial charge in [0.25, 0.3) is 0 Å². The maximum atomic E-state index is 13.1. The highest BCUT2D eigenvalue weighted by molar-refractivity contribution is 5.92. The van der Waals surface area contributed by atoms with E-state index < -0.39 is 47.2 Å². The minimum Gasteiger partial charge on any atom is -0.444 e. The van der Waals surface area contributed by atoms with Gasteiger partial charge in [-0.25, -0.2) is 14.4 Å². The summed E-state index contributed by atoms with van der Waals surface area (Å²) >= 11 is 0. The van der Waals surface area contributed by atoms with Crippen molar-refractivity contribution in [3.8, 4) is 0 Å². The molecular weight excluding hydrogens is 578 g/mol. The van der Waals surface area contributed by atoms with E-state index in [1.165, 1.54) is 4.57 Å². The van der Waals surface area contributed by atoms with Crippen LogP contribution in [-0.4, -0.2) is 76.8 Å². The minimum absolute atomic E-state index is 0.121. The van der Waals surface area contributed by atoms with Crippen molar-refractivity contribution in [1.29, 1.82) is 0 Å². The van der Waals surface area contributed by atoms with Gasteiger partial charge in [0.15, 0.2) is 0 Å². The van der Waals surface area contributed by atoms with Gasteiger partial charge in [0, 0.05) is 30.7 Å². The van der Waals surface area contributed by atoms with Crippen LogP contribution in [0.25, 0.3) is 10.9 Å². The van der Waals surface area contributed by atoms with Gasteiger partial charge in [-0.3, -0.25) is 14.7 Å². The molecule has 1 aliphatic heterocycles. The van der Waals surface area contributed by atoms with Gasteiger partial charge in [-0.15, -0.1) is 0 Å². The lowest BCUT2D eigenvalue weighted by Crippen LogP contribution is -2.65. The number of nitrogens with one attached hydrogen (secondary N) is 4. The van der Waals surface area contributed by atoms with Crippen LogP contribution >= 0.6 is 0 Å². The predicted molar refractivity (Wildman–Crippen MR) is 172 cm³/mol. The molecule has 1 aromatic heterocycles. The van der Waals surface area contributed by atoms with Crippen LogP contribution in [0.3, 0.4) is 0 Å². The first-order chi connectivity index (χ1) is 20.8. The van der Waals surface area contributed by atoms with Crippen LogP contribution in [0.4, 0.5) is 14.4 Å². The molecule has 45 heavy (non-hydrogen) atoms. The van der Waals surface area contributed by atoms with E-state index in [-0.39, 0.29) is 11.9 Å². The van der Waals surface area contributed by atoms with E-state index in [9.17, 15) is 19.2 Å². The number of aromatic nitrogens is 1. The van der Waals surface area contributed by atoms with Gasteiger partial charge in [0.2, 0.25) is 5.91 Å². The number of ether oxygens (including phenoxy) is 3. The SMILES string of the molecule is CC(C)(C)OC(=O)NCCCC[C@@H]1N[C@@H]([C@H](Cc2cn(C(=O)OC(C)(C)C)c3ccccc23)NC(=O)OC(C)(C)C)CNC1=O. The quantitative estimate of drug-likeness (QED) is 0.223. The fourth-order valence-corrected chi connectivity index (χ4v) is 5.04. The molecule has 4 N–H and O–H groups in total. The number of fused-ring (bicyclic) bond motifs is 1. The molecule has 2 aromatic rings. The van der Waals surface area contributed by atoms with Crippen molar-refractivity contribution in [2.45, 2.75) is 123 Å². The molecule has 3 atom stereocenters. The van der Waals surface area contributed by atoms with Gasteiger partial charge in [-0.1, -0.05) is 18.2 Å². The summed E-state index contributed by atoms with van der Waals surface area (Å²) in [6.07, 6.45) is 2.45. The minimum atomic E-state index is -0.703. The first-order valence-corrected chi connectivity index (χ1v) is 15.6. The second-order valence-electron chi connectivity index (χ2n) is 14.5. The molecule has 250 valence electrons. The fraction of sp³-hybridized carbons (Fsp3) is 0.636. The van der Waals surface area contributed by atoms with Crippen molar-refractivity contribution in [3.63, 3.8) is 0 Å². The Hall–Kier alpha value is -3.80. The number of hydrogen-bond donors (Lipinski definition) is 4. The monoisotopic (exact) mass is 629 g/mol. The van der Waals surface area contributed by atoms with E-state index in [0.29, 0.717) is 44.3 Å². The van der Waals surface area contributed by atoms with E-state index in [4.69, 9.17) is 14.2 Å². The Balaban J connectivity index is 1.76. The first-order valence-electron chi connectivity index (χ1n) is 15.6. The van der Waals surface area contributed by atoms with Crippen LogP contribution < -0.4 is 21.3 Å². The maximum Gasteiger partial charge on any atom is 0.419 e. The molecule has 12 heteroatoms. The number of para-hydroxylation sites is 1. The van der Waals surface area contributed by atoms with E-state index in [0.717, 1.165) is 10.9 Å². The van der Waals surface area contributed by atoms with E-state index >= 15 is 0 Å². The Morgan fingerprint density at radius 3 is 2.18 bits per heavy atom. The summed E-state index contributed by atoms with van der Waals surface area (Å²) in [5.74, 6) is -0.121. The van der Waals surface area contributed by atoms with Gasteiger partial charge >= 0.3 is 18.3 Å². The van der Waals surface area contributed by atoms with E-state index in [1.807, 2.05) is 45.0 Å². The highest BCUT2D eigenvalue weighted by Crippen LogP contribution is 2.25. The Morgan fingerprint density at radius 2 is 1.53 bits per heavy atom. The molecule has 0 radical (unpaired) electrons. The smallest absolute Gasteiger partial charge is 0.419 e. The highest BCUT2D eigenvalue weighted by Gasteiger charge is 2.34. The third-order valence-corrected chi connectivity index (χ3v) is 6.83. The number of amides is 3. The van der Waals surface area contributed by atoms with Crippen molar-refractivity contribution in [3.05, 3.63) is 36.0 Å². The molecule has 0 unspecified atom stereocenters. The first kappa shape index (κ1) is 35.7. The maximum absolute atomic E-state index is 13.1. The summed E-state index contributed by atoms with van der Waals surface area (Å²) in [5, 5.41) is 13.0. The number of hydrogen-bond acceptors (Lipinski definition) is 8. The fourth-order valence-electron chi connectivity index (χ4n) is 5.04. The molecule has 1 saturated heterocycles. The number of rotatable bonds is 9. The summed E-state index contributed by atoms with van der Waals surface area (Å²) in [7, 11) is 0. The number of unbranched alkanes of at least 4 members (excludes halogenated alkanes) is 1. The second kappa shape index (κ2) is 14.5. The van der Waals surface area contributed by atoms with Gasteiger partial charge in [0.1, 0.15) is 16.8 Å². The third-order valence-electron chi connectivity index (χ3n) is 6.83. The number of piperazine rings is 1. The van der Waals surface area contributed by atoms with Crippen LogP contribution in [0, 0.1) is 0 Å². The molecule has 3 amide bonds. The highest BCUT2D eigenvalue weighted by atomic mass is 16.6. The molecular formula is C33H51N5O7. The molecule has 2 heterocycles. The summed E-state index contributed by atoms with van der Waals surface area (Å²) in [4.78, 5) is 50.8.